The number of fused-ring (bicyclic) bond motifs is 1. The highest BCUT2D eigenvalue weighted by atomic mass is 16.2. The van der Waals surface area contributed by atoms with Crippen LogP contribution in [0.2, 0.25) is 0 Å². The Kier molecular flexibility index (Phi) is 3.87. The number of aromatic nitrogens is 1. The van der Waals surface area contributed by atoms with Gasteiger partial charge in [0, 0.05) is 35.2 Å². The van der Waals surface area contributed by atoms with Crippen LogP contribution in [-0.4, -0.2) is 16.8 Å². The highest BCUT2D eigenvalue weighted by Gasteiger charge is 2.15. The third kappa shape index (κ3) is 2.98. The maximum absolute atomic E-state index is 12.3. The summed E-state index contributed by atoms with van der Waals surface area (Å²) in [5.41, 5.74) is 4.08. The number of amides is 2. The lowest BCUT2D eigenvalue weighted by molar-refractivity contribution is -0.116. The van der Waals surface area contributed by atoms with Crippen LogP contribution in [0, 0.1) is 0 Å². The molecule has 2 heterocycles. The summed E-state index contributed by atoms with van der Waals surface area (Å²) < 4.78 is 0. The summed E-state index contributed by atoms with van der Waals surface area (Å²) in [6.45, 7) is 2.00. The Balaban J connectivity index is 1.78. The van der Waals surface area contributed by atoms with Crippen LogP contribution in [0.25, 0.3) is 0 Å². The van der Waals surface area contributed by atoms with Crippen LogP contribution in [0.5, 0.6) is 0 Å². The van der Waals surface area contributed by atoms with E-state index in [0.29, 0.717) is 18.4 Å². The molecule has 5 heteroatoms. The molecule has 3 rings (SSSR count). The van der Waals surface area contributed by atoms with Crippen LogP contribution in [0.3, 0.4) is 0 Å². The molecule has 1 aliphatic heterocycles. The summed E-state index contributed by atoms with van der Waals surface area (Å²) in [6.07, 6.45) is 3.62. The highest BCUT2D eigenvalue weighted by Crippen LogP contribution is 2.25. The van der Waals surface area contributed by atoms with Crippen LogP contribution in [0.15, 0.2) is 36.5 Å². The maximum atomic E-state index is 12.3. The van der Waals surface area contributed by atoms with Gasteiger partial charge in [-0.25, -0.2) is 0 Å². The Bertz CT molecular complexity index is 740. The minimum Gasteiger partial charge on any atom is -0.326 e. The zero-order valence-corrected chi connectivity index (χ0v) is 12.3. The predicted octanol–water partition coefficient (Wildman–Crippen LogP) is 2.78. The monoisotopic (exact) mass is 295 g/mol. The van der Waals surface area contributed by atoms with E-state index in [9.17, 15) is 9.59 Å². The molecule has 0 unspecified atom stereocenters. The van der Waals surface area contributed by atoms with Gasteiger partial charge in [0.15, 0.2) is 0 Å². The van der Waals surface area contributed by atoms with Crippen molar-refractivity contribution >= 4 is 23.2 Å². The first-order chi connectivity index (χ1) is 10.7. The summed E-state index contributed by atoms with van der Waals surface area (Å²) >= 11 is 0. The molecule has 0 aliphatic carbocycles. The Morgan fingerprint density at radius 3 is 2.95 bits per heavy atom. The molecule has 22 heavy (non-hydrogen) atoms. The fourth-order valence-corrected chi connectivity index (χ4v) is 2.48. The Morgan fingerprint density at radius 1 is 1.27 bits per heavy atom. The van der Waals surface area contributed by atoms with Crippen LogP contribution in [0.4, 0.5) is 11.4 Å². The molecule has 112 valence electrons. The molecule has 1 aromatic heterocycles. The quantitative estimate of drug-likeness (QED) is 0.914. The fourth-order valence-electron chi connectivity index (χ4n) is 2.48. The molecule has 2 amide bonds. The number of carbonyl (C=O) groups excluding carboxylic acids is 2. The van der Waals surface area contributed by atoms with E-state index in [4.69, 9.17) is 0 Å². The Hall–Kier alpha value is -2.69. The molecule has 0 fully saturated rings. The van der Waals surface area contributed by atoms with Crippen molar-refractivity contribution in [2.75, 3.05) is 10.6 Å². The van der Waals surface area contributed by atoms with Crippen LogP contribution in [-0.2, 0) is 17.6 Å². The summed E-state index contributed by atoms with van der Waals surface area (Å²) in [4.78, 5) is 27.8. The van der Waals surface area contributed by atoms with Crippen molar-refractivity contribution in [3.05, 3.63) is 53.3 Å². The van der Waals surface area contributed by atoms with Gasteiger partial charge >= 0.3 is 0 Å². The van der Waals surface area contributed by atoms with Gasteiger partial charge in [0.05, 0.1) is 0 Å². The van der Waals surface area contributed by atoms with E-state index in [1.165, 1.54) is 0 Å². The van der Waals surface area contributed by atoms with E-state index >= 15 is 0 Å². The number of rotatable bonds is 3. The first kappa shape index (κ1) is 14.3. The van der Waals surface area contributed by atoms with Gasteiger partial charge in [-0.1, -0.05) is 6.92 Å². The van der Waals surface area contributed by atoms with E-state index < -0.39 is 0 Å². The molecule has 1 aliphatic rings. The van der Waals surface area contributed by atoms with E-state index in [1.54, 1.807) is 24.4 Å². The SMILES string of the molecule is CCc1cc(C(=O)Nc2ccc3c(c2)CCC(=O)N3)ccn1. The van der Waals surface area contributed by atoms with Crippen molar-refractivity contribution in [1.82, 2.24) is 4.98 Å². The summed E-state index contributed by atoms with van der Waals surface area (Å²) in [5.74, 6) is -0.120. The van der Waals surface area contributed by atoms with Gasteiger partial charge in [-0.05, 0) is 48.7 Å². The molecule has 0 bridgehead atoms. The lowest BCUT2D eigenvalue weighted by Gasteiger charge is -2.17. The van der Waals surface area contributed by atoms with Gasteiger partial charge < -0.3 is 10.6 Å². The zero-order valence-electron chi connectivity index (χ0n) is 12.3. The first-order valence-corrected chi connectivity index (χ1v) is 7.35. The van der Waals surface area contributed by atoms with Gasteiger partial charge in [-0.3, -0.25) is 14.6 Å². The predicted molar refractivity (Wildman–Crippen MR) is 85.0 cm³/mol. The average molecular weight is 295 g/mol. The number of carbonyl (C=O) groups is 2. The average Bonchev–Trinajstić information content (AvgIpc) is 2.55. The van der Waals surface area contributed by atoms with Gasteiger partial charge in [0.1, 0.15) is 0 Å². The van der Waals surface area contributed by atoms with Gasteiger partial charge in [0.2, 0.25) is 5.91 Å². The third-order valence-corrected chi connectivity index (χ3v) is 3.70. The Labute approximate surface area is 128 Å². The van der Waals surface area contributed by atoms with Crippen molar-refractivity contribution in [3.63, 3.8) is 0 Å². The number of nitrogens with one attached hydrogen (secondary N) is 2. The zero-order chi connectivity index (χ0) is 15.5. The number of benzene rings is 1. The van der Waals surface area contributed by atoms with Crippen LogP contribution < -0.4 is 10.6 Å². The number of nitrogens with zero attached hydrogens (tertiary/aromatic N) is 1. The fraction of sp³-hybridized carbons (Fsp3) is 0.235. The van der Waals surface area contributed by atoms with Crippen LogP contribution in [0.1, 0.15) is 35.0 Å². The molecule has 5 nitrogen and oxygen atoms in total. The van der Waals surface area contributed by atoms with E-state index in [-0.39, 0.29) is 11.8 Å². The minimum atomic E-state index is -0.156. The summed E-state index contributed by atoms with van der Waals surface area (Å²) in [7, 11) is 0. The minimum absolute atomic E-state index is 0.0353. The third-order valence-electron chi connectivity index (χ3n) is 3.70. The van der Waals surface area contributed by atoms with Crippen molar-refractivity contribution in [2.45, 2.75) is 26.2 Å². The number of hydrogen-bond acceptors (Lipinski definition) is 3. The summed E-state index contributed by atoms with van der Waals surface area (Å²) in [5, 5.41) is 5.72. The van der Waals surface area contributed by atoms with Crippen molar-refractivity contribution in [3.8, 4) is 0 Å². The smallest absolute Gasteiger partial charge is 0.255 e. The first-order valence-electron chi connectivity index (χ1n) is 7.35. The van der Waals surface area contributed by atoms with Crippen LogP contribution >= 0.6 is 0 Å². The molecule has 0 saturated heterocycles. The van der Waals surface area contributed by atoms with Gasteiger partial charge in [-0.15, -0.1) is 0 Å². The summed E-state index contributed by atoms with van der Waals surface area (Å²) in [6, 6.07) is 9.03. The number of anilines is 2. The molecule has 0 radical (unpaired) electrons. The topological polar surface area (TPSA) is 71.1 Å². The van der Waals surface area contributed by atoms with Crippen molar-refractivity contribution in [2.24, 2.45) is 0 Å². The molecule has 1 aromatic carbocycles. The van der Waals surface area contributed by atoms with Crippen molar-refractivity contribution < 1.29 is 9.59 Å². The number of aryl methyl sites for hydroxylation is 2. The molecule has 2 N–H and O–H groups in total. The standard InChI is InChI=1S/C17H17N3O2/c1-2-13-10-12(7-8-18-13)17(22)19-14-4-5-15-11(9-14)3-6-16(21)20-15/h4-5,7-10H,2-3,6H2,1H3,(H,19,22)(H,20,21). The lowest BCUT2D eigenvalue weighted by Crippen LogP contribution is -2.19. The molecule has 0 spiro atoms. The molecular formula is C17H17N3O2. The molecular weight excluding hydrogens is 278 g/mol. The molecule has 0 atom stereocenters. The van der Waals surface area contributed by atoms with E-state index in [0.717, 1.165) is 29.1 Å². The highest BCUT2D eigenvalue weighted by molar-refractivity contribution is 6.04. The molecule has 0 saturated carbocycles. The van der Waals surface area contributed by atoms with E-state index in [1.807, 2.05) is 19.1 Å². The second kappa shape index (κ2) is 5.97. The van der Waals surface area contributed by atoms with Gasteiger partial charge in [0.25, 0.3) is 5.91 Å². The number of hydrogen-bond donors (Lipinski definition) is 2. The largest absolute Gasteiger partial charge is 0.326 e. The number of pyridine rings is 1. The van der Waals surface area contributed by atoms with E-state index in [2.05, 4.69) is 15.6 Å². The van der Waals surface area contributed by atoms with Crippen molar-refractivity contribution in [1.29, 1.82) is 0 Å². The second-order valence-corrected chi connectivity index (χ2v) is 5.26. The maximum Gasteiger partial charge on any atom is 0.255 e. The lowest BCUT2D eigenvalue weighted by atomic mass is 10.0. The van der Waals surface area contributed by atoms with Gasteiger partial charge in [-0.2, -0.15) is 0 Å². The Morgan fingerprint density at radius 2 is 2.14 bits per heavy atom. The molecule has 2 aromatic rings. The normalized spacial score (nSPS) is 13.2. The second-order valence-electron chi connectivity index (χ2n) is 5.26.